The maximum absolute atomic E-state index is 12.4. The van der Waals surface area contributed by atoms with Gasteiger partial charge in [0, 0.05) is 31.8 Å². The number of nitrogens with zero attached hydrogens (tertiary/aromatic N) is 2. The molecule has 0 saturated carbocycles. The highest BCUT2D eigenvalue weighted by molar-refractivity contribution is 7.80. The van der Waals surface area contributed by atoms with E-state index in [1.165, 1.54) is 6.07 Å². The Hall–Kier alpha value is -2.98. The minimum Gasteiger partial charge on any atom is -0.462 e. The number of carbonyl (C=O) groups excluding carboxylic acids is 1. The predicted molar refractivity (Wildman–Crippen MR) is 114 cm³/mol. The zero-order valence-corrected chi connectivity index (χ0v) is 17.1. The largest absolute Gasteiger partial charge is 0.462 e. The summed E-state index contributed by atoms with van der Waals surface area (Å²) in [6, 6.07) is 4.27. The lowest BCUT2D eigenvalue weighted by Crippen LogP contribution is -2.51. The molecule has 0 fully saturated rings. The molecule has 1 heterocycles. The van der Waals surface area contributed by atoms with E-state index in [-0.39, 0.29) is 24.5 Å². The van der Waals surface area contributed by atoms with E-state index >= 15 is 0 Å². The number of esters is 1. The lowest BCUT2D eigenvalue weighted by atomic mass is 10.0. The smallest absolute Gasteiger partial charge is 0.337 e. The fourth-order valence-electron chi connectivity index (χ4n) is 3.02. The fraction of sp³-hybridized carbons (Fsp3) is 0.368. The SMILES string of the molecule is C=CCN(C)c1ccc(CCOC(=O)C2=C(C)NC(=S)NC2CO)cc1[N+](=O)[O-]. The van der Waals surface area contributed by atoms with E-state index in [0.717, 1.165) is 0 Å². The molecule has 1 unspecified atom stereocenters. The van der Waals surface area contributed by atoms with Gasteiger partial charge >= 0.3 is 5.97 Å². The molecular formula is C19H24N4O5S. The molecule has 10 heteroatoms. The van der Waals surface area contributed by atoms with E-state index in [4.69, 9.17) is 17.0 Å². The number of anilines is 1. The first-order valence-electron chi connectivity index (χ1n) is 8.94. The Morgan fingerprint density at radius 2 is 2.24 bits per heavy atom. The summed E-state index contributed by atoms with van der Waals surface area (Å²) in [6.45, 7) is 5.52. The number of nitro benzene ring substituents is 1. The predicted octanol–water partition coefficient (Wildman–Crippen LogP) is 1.42. The molecular weight excluding hydrogens is 396 g/mol. The molecule has 9 nitrogen and oxygen atoms in total. The van der Waals surface area contributed by atoms with Crippen LogP contribution in [0.2, 0.25) is 0 Å². The van der Waals surface area contributed by atoms with Gasteiger partial charge in [0.25, 0.3) is 5.69 Å². The lowest BCUT2D eigenvalue weighted by Gasteiger charge is -2.28. The van der Waals surface area contributed by atoms with Crippen LogP contribution in [0.5, 0.6) is 0 Å². The van der Waals surface area contributed by atoms with Crippen molar-refractivity contribution in [1.29, 1.82) is 0 Å². The Labute approximate surface area is 174 Å². The van der Waals surface area contributed by atoms with Crippen molar-refractivity contribution in [2.24, 2.45) is 0 Å². The van der Waals surface area contributed by atoms with Crippen LogP contribution in [0.1, 0.15) is 12.5 Å². The molecule has 1 atom stereocenters. The number of nitrogens with one attached hydrogen (secondary N) is 2. The molecule has 1 aromatic rings. The average molecular weight is 420 g/mol. The molecule has 0 aliphatic carbocycles. The van der Waals surface area contributed by atoms with Gasteiger partial charge in [0.2, 0.25) is 0 Å². The van der Waals surface area contributed by atoms with E-state index in [2.05, 4.69) is 17.2 Å². The van der Waals surface area contributed by atoms with Gasteiger partial charge in [0.15, 0.2) is 5.11 Å². The second-order valence-electron chi connectivity index (χ2n) is 6.51. The van der Waals surface area contributed by atoms with Gasteiger partial charge in [-0.25, -0.2) is 4.79 Å². The monoisotopic (exact) mass is 420 g/mol. The molecule has 29 heavy (non-hydrogen) atoms. The van der Waals surface area contributed by atoms with Crippen LogP contribution < -0.4 is 15.5 Å². The molecule has 0 saturated heterocycles. The molecule has 0 aromatic heterocycles. The number of ether oxygens (including phenoxy) is 1. The van der Waals surface area contributed by atoms with Crippen molar-refractivity contribution in [3.8, 4) is 0 Å². The molecule has 0 amide bonds. The highest BCUT2D eigenvalue weighted by atomic mass is 32.1. The van der Waals surface area contributed by atoms with Crippen molar-refractivity contribution < 1.29 is 19.6 Å². The molecule has 0 radical (unpaired) electrons. The quantitative estimate of drug-likeness (QED) is 0.179. The summed E-state index contributed by atoms with van der Waals surface area (Å²) in [7, 11) is 1.75. The first-order chi connectivity index (χ1) is 13.8. The maximum atomic E-state index is 12.4. The Morgan fingerprint density at radius 3 is 2.86 bits per heavy atom. The normalized spacial score (nSPS) is 16.0. The second kappa shape index (κ2) is 9.99. The van der Waals surface area contributed by atoms with Gasteiger partial charge in [0.1, 0.15) is 5.69 Å². The fourth-order valence-corrected chi connectivity index (χ4v) is 3.32. The number of rotatable bonds is 9. The van der Waals surface area contributed by atoms with Crippen LogP contribution in [0, 0.1) is 10.1 Å². The first-order valence-corrected chi connectivity index (χ1v) is 9.35. The number of aliphatic hydroxyl groups is 1. The van der Waals surface area contributed by atoms with Crippen LogP contribution in [0.15, 0.2) is 42.1 Å². The summed E-state index contributed by atoms with van der Waals surface area (Å²) < 4.78 is 5.32. The zero-order chi connectivity index (χ0) is 21.6. The molecule has 0 spiro atoms. The summed E-state index contributed by atoms with van der Waals surface area (Å²) in [6.07, 6.45) is 1.97. The molecule has 3 N–H and O–H groups in total. The van der Waals surface area contributed by atoms with Gasteiger partial charge in [-0.2, -0.15) is 0 Å². The summed E-state index contributed by atoms with van der Waals surface area (Å²) in [5.41, 5.74) is 1.92. The molecule has 1 aliphatic heterocycles. The Balaban J connectivity index is 2.06. The number of likely N-dealkylation sites (N-methyl/N-ethyl adjacent to an activating group) is 1. The Morgan fingerprint density at radius 1 is 1.52 bits per heavy atom. The highest BCUT2D eigenvalue weighted by Gasteiger charge is 2.29. The molecule has 156 valence electrons. The van der Waals surface area contributed by atoms with Gasteiger partial charge in [0.05, 0.1) is 29.8 Å². The molecule has 1 aliphatic rings. The van der Waals surface area contributed by atoms with Crippen LogP contribution in [0.25, 0.3) is 0 Å². The summed E-state index contributed by atoms with van der Waals surface area (Å²) >= 11 is 5.01. The standard InChI is InChI=1S/C19H24N4O5S/c1-4-8-22(3)15-6-5-13(10-16(15)23(26)27)7-9-28-18(25)17-12(2)20-19(29)21-14(17)11-24/h4-6,10,14,24H,1,7-9,11H2,2-3H3,(H2,20,21,29). The van der Waals surface area contributed by atoms with E-state index < -0.39 is 16.9 Å². The number of benzene rings is 1. The summed E-state index contributed by atoms with van der Waals surface area (Å²) in [5.74, 6) is -0.583. The van der Waals surface area contributed by atoms with Gasteiger partial charge in [-0.15, -0.1) is 6.58 Å². The Bertz CT molecular complexity index is 855. The van der Waals surface area contributed by atoms with Crippen molar-refractivity contribution in [1.82, 2.24) is 10.6 Å². The molecule has 2 rings (SSSR count). The lowest BCUT2D eigenvalue weighted by molar-refractivity contribution is -0.384. The number of hydrogen-bond donors (Lipinski definition) is 3. The number of thiocarbonyl (C=S) groups is 1. The van der Waals surface area contributed by atoms with Crippen LogP contribution in [-0.4, -0.2) is 54.0 Å². The summed E-state index contributed by atoms with van der Waals surface area (Å²) in [4.78, 5) is 25.1. The van der Waals surface area contributed by atoms with Gasteiger partial charge < -0.3 is 25.4 Å². The average Bonchev–Trinajstić information content (AvgIpc) is 2.67. The van der Waals surface area contributed by atoms with Crippen molar-refractivity contribution in [3.05, 3.63) is 57.8 Å². The zero-order valence-electron chi connectivity index (χ0n) is 16.3. The number of aliphatic hydroxyl groups excluding tert-OH is 1. The van der Waals surface area contributed by atoms with Crippen LogP contribution in [0.4, 0.5) is 11.4 Å². The van der Waals surface area contributed by atoms with Crippen molar-refractivity contribution >= 4 is 34.7 Å². The van der Waals surface area contributed by atoms with E-state index in [0.29, 0.717) is 35.0 Å². The number of hydrogen-bond acceptors (Lipinski definition) is 7. The minimum absolute atomic E-state index is 0.0220. The van der Waals surface area contributed by atoms with Crippen molar-refractivity contribution in [3.63, 3.8) is 0 Å². The van der Waals surface area contributed by atoms with Gasteiger partial charge in [-0.05, 0) is 30.8 Å². The second-order valence-corrected chi connectivity index (χ2v) is 6.92. The van der Waals surface area contributed by atoms with E-state index in [1.54, 1.807) is 37.1 Å². The topological polar surface area (TPSA) is 117 Å². The van der Waals surface area contributed by atoms with Gasteiger partial charge in [-0.3, -0.25) is 10.1 Å². The third kappa shape index (κ3) is 5.52. The van der Waals surface area contributed by atoms with Gasteiger partial charge in [-0.1, -0.05) is 12.1 Å². The van der Waals surface area contributed by atoms with Crippen molar-refractivity contribution in [2.75, 3.05) is 31.7 Å². The third-order valence-corrected chi connectivity index (χ3v) is 4.66. The number of nitro groups is 1. The third-order valence-electron chi connectivity index (χ3n) is 4.44. The van der Waals surface area contributed by atoms with E-state index in [1.807, 2.05) is 0 Å². The number of carbonyl (C=O) groups is 1. The van der Waals surface area contributed by atoms with Crippen molar-refractivity contribution in [2.45, 2.75) is 19.4 Å². The summed E-state index contributed by atoms with van der Waals surface area (Å²) in [5, 5.41) is 26.9. The molecule has 0 bridgehead atoms. The van der Waals surface area contributed by atoms with Crippen LogP contribution in [0.3, 0.4) is 0 Å². The van der Waals surface area contributed by atoms with E-state index in [9.17, 15) is 20.0 Å². The minimum atomic E-state index is -0.642. The van der Waals surface area contributed by atoms with Crippen LogP contribution in [-0.2, 0) is 16.0 Å². The first kappa shape index (κ1) is 22.3. The molecule has 1 aromatic carbocycles. The van der Waals surface area contributed by atoms with Crippen LogP contribution >= 0.6 is 12.2 Å². The highest BCUT2D eigenvalue weighted by Crippen LogP contribution is 2.28. The number of allylic oxidation sites excluding steroid dienone is 1. The Kier molecular flexibility index (Phi) is 7.68. The maximum Gasteiger partial charge on any atom is 0.337 e.